The maximum Gasteiger partial charge on any atom is 0.135 e. The fourth-order valence-corrected chi connectivity index (χ4v) is 7.84. The SMILES string of the molecule is c1ccc(-c2ccc(N(c3ccc(-c4ccccc4)cc3)c3cc(-c4ccccc4)cc(N(c4ccccc4)c4ccc5oc6ccccc6c5c4)c3)cc2)cc1. The summed E-state index contributed by atoms with van der Waals surface area (Å²) in [6, 6.07) is 81.9. The number of hydrogen-bond donors (Lipinski definition) is 0. The fourth-order valence-electron chi connectivity index (χ4n) is 7.84. The topological polar surface area (TPSA) is 19.6 Å². The van der Waals surface area contributed by atoms with Gasteiger partial charge in [-0.15, -0.1) is 0 Å². The zero-order chi connectivity index (χ0) is 38.0. The lowest BCUT2D eigenvalue weighted by molar-refractivity contribution is 0.669. The molecule has 270 valence electrons. The zero-order valence-corrected chi connectivity index (χ0v) is 31.2. The Morgan fingerprint density at radius 3 is 1.16 bits per heavy atom. The largest absolute Gasteiger partial charge is 0.456 e. The van der Waals surface area contributed by atoms with E-state index >= 15 is 0 Å². The van der Waals surface area contributed by atoms with E-state index in [1.807, 2.05) is 12.1 Å². The van der Waals surface area contributed by atoms with Crippen molar-refractivity contribution < 1.29 is 4.42 Å². The van der Waals surface area contributed by atoms with Gasteiger partial charge in [-0.1, -0.05) is 152 Å². The van der Waals surface area contributed by atoms with Crippen LogP contribution in [0.5, 0.6) is 0 Å². The fraction of sp³-hybridized carbons (Fsp3) is 0. The smallest absolute Gasteiger partial charge is 0.135 e. The van der Waals surface area contributed by atoms with Crippen LogP contribution in [0.2, 0.25) is 0 Å². The van der Waals surface area contributed by atoms with Gasteiger partial charge in [-0.05, 0) is 112 Å². The average molecular weight is 731 g/mol. The minimum absolute atomic E-state index is 0.871. The molecule has 1 aromatic heterocycles. The van der Waals surface area contributed by atoms with Crippen LogP contribution in [0.4, 0.5) is 34.1 Å². The summed E-state index contributed by atoms with van der Waals surface area (Å²) in [4.78, 5) is 4.72. The van der Waals surface area contributed by atoms with Crippen LogP contribution in [-0.4, -0.2) is 0 Å². The average Bonchev–Trinajstić information content (AvgIpc) is 3.66. The van der Waals surface area contributed by atoms with Crippen LogP contribution in [0.3, 0.4) is 0 Å². The van der Waals surface area contributed by atoms with Gasteiger partial charge in [-0.25, -0.2) is 0 Å². The second kappa shape index (κ2) is 14.9. The normalized spacial score (nSPS) is 11.2. The van der Waals surface area contributed by atoms with Crippen molar-refractivity contribution in [1.29, 1.82) is 0 Å². The Hall–Kier alpha value is -7.62. The molecule has 0 bridgehead atoms. The molecule has 10 aromatic rings. The molecular weight excluding hydrogens is 693 g/mol. The highest BCUT2D eigenvalue weighted by atomic mass is 16.3. The van der Waals surface area contributed by atoms with E-state index in [0.29, 0.717) is 0 Å². The zero-order valence-electron chi connectivity index (χ0n) is 31.2. The quantitative estimate of drug-likeness (QED) is 0.147. The van der Waals surface area contributed by atoms with Crippen LogP contribution in [-0.2, 0) is 0 Å². The molecule has 0 unspecified atom stereocenters. The summed E-state index contributed by atoms with van der Waals surface area (Å²) < 4.78 is 6.27. The van der Waals surface area contributed by atoms with E-state index in [1.54, 1.807) is 0 Å². The number of nitrogens with zero attached hydrogens (tertiary/aromatic N) is 2. The Balaban J connectivity index is 1.18. The Labute approximate surface area is 333 Å². The number of fused-ring (bicyclic) bond motifs is 3. The number of para-hydroxylation sites is 2. The predicted molar refractivity (Wildman–Crippen MR) is 239 cm³/mol. The molecule has 57 heavy (non-hydrogen) atoms. The molecule has 0 aliphatic carbocycles. The Morgan fingerprint density at radius 1 is 0.228 bits per heavy atom. The molecule has 0 aliphatic heterocycles. The molecule has 0 amide bonds. The summed E-state index contributed by atoms with van der Waals surface area (Å²) in [7, 11) is 0. The third kappa shape index (κ3) is 6.73. The van der Waals surface area contributed by atoms with E-state index < -0.39 is 0 Å². The summed E-state index contributed by atoms with van der Waals surface area (Å²) in [5.74, 6) is 0. The number of hydrogen-bond acceptors (Lipinski definition) is 3. The first-order valence-electron chi connectivity index (χ1n) is 19.3. The molecule has 9 aromatic carbocycles. The van der Waals surface area contributed by atoms with Crippen molar-refractivity contribution in [1.82, 2.24) is 0 Å². The van der Waals surface area contributed by atoms with Gasteiger partial charge in [0.25, 0.3) is 0 Å². The highest BCUT2D eigenvalue weighted by molar-refractivity contribution is 6.06. The molecule has 0 aliphatic rings. The molecule has 0 radical (unpaired) electrons. The molecule has 0 fully saturated rings. The molecule has 3 heteroatoms. The third-order valence-corrected chi connectivity index (χ3v) is 10.6. The minimum Gasteiger partial charge on any atom is -0.456 e. The van der Waals surface area contributed by atoms with Gasteiger partial charge >= 0.3 is 0 Å². The molecule has 0 saturated heterocycles. The van der Waals surface area contributed by atoms with E-state index in [-0.39, 0.29) is 0 Å². The lowest BCUT2D eigenvalue weighted by Gasteiger charge is -2.30. The molecule has 0 saturated carbocycles. The van der Waals surface area contributed by atoms with Crippen molar-refractivity contribution in [2.45, 2.75) is 0 Å². The summed E-state index contributed by atoms with van der Waals surface area (Å²) in [5, 5.41) is 2.19. The lowest BCUT2D eigenvalue weighted by atomic mass is 10.0. The van der Waals surface area contributed by atoms with E-state index in [4.69, 9.17) is 4.42 Å². The van der Waals surface area contributed by atoms with Crippen molar-refractivity contribution in [2.75, 3.05) is 9.80 Å². The first-order chi connectivity index (χ1) is 28.2. The standard InChI is InChI=1S/C54H38N2O/c1-5-15-39(16-6-1)42-25-29-46(30-26-42)55(47-31-27-43(28-32-47)40-17-7-2-8-18-40)49-35-44(41-19-9-3-10-20-41)36-50(37-49)56(45-21-11-4-12-22-45)48-33-34-54-52(38-48)51-23-13-14-24-53(51)57-54/h1-38H. The third-order valence-electron chi connectivity index (χ3n) is 10.6. The Morgan fingerprint density at radius 2 is 0.614 bits per heavy atom. The minimum atomic E-state index is 0.871. The maximum absolute atomic E-state index is 6.27. The van der Waals surface area contributed by atoms with Crippen LogP contribution in [0.25, 0.3) is 55.3 Å². The van der Waals surface area contributed by atoms with Crippen molar-refractivity contribution in [3.63, 3.8) is 0 Å². The van der Waals surface area contributed by atoms with Crippen LogP contribution < -0.4 is 9.80 Å². The van der Waals surface area contributed by atoms with Crippen molar-refractivity contribution in [2.24, 2.45) is 0 Å². The number of anilines is 6. The molecule has 0 atom stereocenters. The first-order valence-corrected chi connectivity index (χ1v) is 19.3. The highest BCUT2D eigenvalue weighted by Gasteiger charge is 2.21. The lowest BCUT2D eigenvalue weighted by Crippen LogP contribution is -2.13. The molecule has 3 nitrogen and oxygen atoms in total. The molecule has 0 spiro atoms. The van der Waals surface area contributed by atoms with Crippen molar-refractivity contribution >= 4 is 56.1 Å². The maximum atomic E-state index is 6.27. The van der Waals surface area contributed by atoms with E-state index in [1.165, 1.54) is 22.3 Å². The number of rotatable bonds is 9. The van der Waals surface area contributed by atoms with Gasteiger partial charge in [0, 0.05) is 44.9 Å². The monoisotopic (exact) mass is 730 g/mol. The van der Waals surface area contributed by atoms with Crippen molar-refractivity contribution in [3.05, 3.63) is 231 Å². The summed E-state index contributed by atoms with van der Waals surface area (Å²) >= 11 is 0. The van der Waals surface area contributed by atoms with Crippen LogP contribution in [0.15, 0.2) is 235 Å². The molecular formula is C54H38N2O. The van der Waals surface area contributed by atoms with Crippen LogP contribution in [0.1, 0.15) is 0 Å². The van der Waals surface area contributed by atoms with Gasteiger partial charge in [-0.2, -0.15) is 0 Å². The number of furan rings is 1. The predicted octanol–water partition coefficient (Wildman–Crippen LogP) is 15.5. The first kappa shape index (κ1) is 33.9. The Kier molecular flexibility index (Phi) is 8.86. The Bertz CT molecular complexity index is 2840. The van der Waals surface area contributed by atoms with Gasteiger partial charge < -0.3 is 14.2 Å². The second-order valence-corrected chi connectivity index (χ2v) is 14.2. The van der Waals surface area contributed by atoms with E-state index in [9.17, 15) is 0 Å². The van der Waals surface area contributed by atoms with E-state index in [2.05, 4.69) is 228 Å². The van der Waals surface area contributed by atoms with Gasteiger partial charge in [0.15, 0.2) is 0 Å². The van der Waals surface area contributed by atoms with Gasteiger partial charge in [-0.3, -0.25) is 0 Å². The van der Waals surface area contributed by atoms with Crippen LogP contribution >= 0.6 is 0 Å². The summed E-state index contributed by atoms with van der Waals surface area (Å²) in [5.41, 5.74) is 15.1. The van der Waals surface area contributed by atoms with Crippen LogP contribution in [0, 0.1) is 0 Å². The molecule has 10 rings (SSSR count). The summed E-state index contributed by atoms with van der Waals surface area (Å²) in [6.07, 6.45) is 0. The van der Waals surface area contributed by atoms with E-state index in [0.717, 1.165) is 67.2 Å². The second-order valence-electron chi connectivity index (χ2n) is 14.2. The molecule has 0 N–H and O–H groups in total. The van der Waals surface area contributed by atoms with Gasteiger partial charge in [0.1, 0.15) is 11.2 Å². The van der Waals surface area contributed by atoms with Gasteiger partial charge in [0.05, 0.1) is 0 Å². The summed E-state index contributed by atoms with van der Waals surface area (Å²) in [6.45, 7) is 0. The number of benzene rings is 9. The highest BCUT2D eigenvalue weighted by Crippen LogP contribution is 2.45. The van der Waals surface area contributed by atoms with Gasteiger partial charge in [0.2, 0.25) is 0 Å². The molecule has 1 heterocycles. The van der Waals surface area contributed by atoms with Crippen molar-refractivity contribution in [3.8, 4) is 33.4 Å².